The summed E-state index contributed by atoms with van der Waals surface area (Å²) in [5, 5.41) is 3.73. The van der Waals surface area contributed by atoms with Crippen LogP contribution in [0.25, 0.3) is 0 Å². The van der Waals surface area contributed by atoms with Crippen molar-refractivity contribution in [1.29, 1.82) is 0 Å². The van der Waals surface area contributed by atoms with Gasteiger partial charge in [-0.1, -0.05) is 12.1 Å². The van der Waals surface area contributed by atoms with E-state index in [9.17, 15) is 0 Å². The Labute approximate surface area is 151 Å². The number of pyridine rings is 1. The van der Waals surface area contributed by atoms with Crippen LogP contribution < -0.4 is 10.1 Å². The molecule has 2 aromatic rings. The van der Waals surface area contributed by atoms with Crippen molar-refractivity contribution in [3.8, 4) is 5.75 Å². The Morgan fingerprint density at radius 2 is 1.96 bits per heavy atom. The number of likely N-dealkylation sites (tertiary alicyclic amines) is 1. The summed E-state index contributed by atoms with van der Waals surface area (Å²) in [5.74, 6) is 0.959. The van der Waals surface area contributed by atoms with Gasteiger partial charge < -0.3 is 10.1 Å². The molecule has 0 aliphatic carbocycles. The maximum absolute atomic E-state index is 5.91. The number of benzene rings is 1. The standard InChI is InChI=1S/C21H29N3O/c1-17-4-3-5-21(14-17)25-16-18(2)23-20-8-12-24(13-9-20)15-19-6-10-22-11-7-19/h3-7,10-11,14,18,20,23H,8-9,12-13,15-16H2,1-2H3/t18-/m0/s1. The number of nitrogens with one attached hydrogen (secondary N) is 1. The number of rotatable bonds is 7. The monoisotopic (exact) mass is 339 g/mol. The van der Waals surface area contributed by atoms with Crippen molar-refractivity contribution < 1.29 is 4.74 Å². The fraction of sp³-hybridized carbons (Fsp3) is 0.476. The highest BCUT2D eigenvalue weighted by Crippen LogP contribution is 2.15. The van der Waals surface area contributed by atoms with Gasteiger partial charge in [0.15, 0.2) is 0 Å². The van der Waals surface area contributed by atoms with E-state index >= 15 is 0 Å². The van der Waals surface area contributed by atoms with Crippen molar-refractivity contribution in [2.75, 3.05) is 19.7 Å². The minimum Gasteiger partial charge on any atom is -0.492 e. The fourth-order valence-electron chi connectivity index (χ4n) is 3.38. The van der Waals surface area contributed by atoms with Crippen molar-refractivity contribution in [3.05, 3.63) is 59.9 Å². The van der Waals surface area contributed by atoms with Gasteiger partial charge in [0.05, 0.1) is 0 Å². The molecular weight excluding hydrogens is 310 g/mol. The summed E-state index contributed by atoms with van der Waals surface area (Å²) in [7, 11) is 0. The van der Waals surface area contributed by atoms with Gasteiger partial charge in [-0.2, -0.15) is 0 Å². The molecule has 1 aliphatic heterocycles. The van der Waals surface area contributed by atoms with E-state index in [0.717, 1.165) is 25.4 Å². The molecule has 1 aliphatic rings. The third-order valence-corrected chi connectivity index (χ3v) is 4.75. The molecule has 134 valence electrons. The lowest BCUT2D eigenvalue weighted by molar-refractivity contribution is 0.174. The van der Waals surface area contributed by atoms with E-state index < -0.39 is 0 Å². The van der Waals surface area contributed by atoms with Crippen LogP contribution in [-0.4, -0.2) is 41.7 Å². The first kappa shape index (κ1) is 17.9. The molecule has 1 atom stereocenters. The molecular formula is C21H29N3O. The zero-order valence-corrected chi connectivity index (χ0v) is 15.3. The maximum atomic E-state index is 5.91. The van der Waals surface area contributed by atoms with Gasteiger partial charge in [-0.25, -0.2) is 0 Å². The molecule has 0 bridgehead atoms. The van der Waals surface area contributed by atoms with Crippen LogP contribution >= 0.6 is 0 Å². The van der Waals surface area contributed by atoms with E-state index in [0.29, 0.717) is 18.7 Å². The topological polar surface area (TPSA) is 37.4 Å². The van der Waals surface area contributed by atoms with Gasteiger partial charge in [0.1, 0.15) is 12.4 Å². The molecule has 25 heavy (non-hydrogen) atoms. The number of piperidine rings is 1. The van der Waals surface area contributed by atoms with Gasteiger partial charge in [-0.3, -0.25) is 9.88 Å². The Balaban J connectivity index is 1.37. The lowest BCUT2D eigenvalue weighted by Gasteiger charge is -2.34. The normalized spacial score (nSPS) is 17.4. The minimum absolute atomic E-state index is 0.359. The second-order valence-electron chi connectivity index (χ2n) is 7.10. The van der Waals surface area contributed by atoms with Crippen LogP contribution in [0.1, 0.15) is 30.9 Å². The highest BCUT2D eigenvalue weighted by Gasteiger charge is 2.20. The predicted octanol–water partition coefficient (Wildman–Crippen LogP) is 3.41. The van der Waals surface area contributed by atoms with Gasteiger partial charge in [-0.05, 0) is 75.2 Å². The predicted molar refractivity (Wildman–Crippen MR) is 102 cm³/mol. The lowest BCUT2D eigenvalue weighted by atomic mass is 10.0. The summed E-state index contributed by atoms with van der Waals surface area (Å²) in [6, 6.07) is 13.4. The number of aryl methyl sites for hydroxylation is 1. The highest BCUT2D eigenvalue weighted by atomic mass is 16.5. The third kappa shape index (κ3) is 5.83. The van der Waals surface area contributed by atoms with E-state index in [1.165, 1.54) is 24.0 Å². The third-order valence-electron chi connectivity index (χ3n) is 4.75. The molecule has 1 aromatic carbocycles. The van der Waals surface area contributed by atoms with Gasteiger partial charge in [-0.15, -0.1) is 0 Å². The van der Waals surface area contributed by atoms with Crippen molar-refractivity contribution >= 4 is 0 Å². The Morgan fingerprint density at radius 3 is 2.68 bits per heavy atom. The Morgan fingerprint density at radius 1 is 1.20 bits per heavy atom. The number of aromatic nitrogens is 1. The van der Waals surface area contributed by atoms with Crippen LogP contribution in [0.4, 0.5) is 0 Å². The molecule has 2 heterocycles. The number of ether oxygens (including phenoxy) is 1. The van der Waals surface area contributed by atoms with E-state index in [2.05, 4.69) is 53.3 Å². The highest BCUT2D eigenvalue weighted by molar-refractivity contribution is 5.27. The second-order valence-corrected chi connectivity index (χ2v) is 7.10. The van der Waals surface area contributed by atoms with Crippen LogP contribution in [0.3, 0.4) is 0 Å². The van der Waals surface area contributed by atoms with Crippen LogP contribution in [0.5, 0.6) is 5.75 Å². The van der Waals surface area contributed by atoms with Crippen LogP contribution in [-0.2, 0) is 6.54 Å². The lowest BCUT2D eigenvalue weighted by Crippen LogP contribution is -2.46. The molecule has 4 nitrogen and oxygen atoms in total. The summed E-state index contributed by atoms with van der Waals surface area (Å²) in [6.07, 6.45) is 6.14. The molecule has 0 radical (unpaired) electrons. The maximum Gasteiger partial charge on any atom is 0.119 e. The summed E-state index contributed by atoms with van der Waals surface area (Å²) >= 11 is 0. The molecule has 1 saturated heterocycles. The van der Waals surface area contributed by atoms with E-state index in [1.807, 2.05) is 24.5 Å². The van der Waals surface area contributed by atoms with E-state index in [1.54, 1.807) is 0 Å². The molecule has 1 fully saturated rings. The molecule has 4 heteroatoms. The fourth-order valence-corrected chi connectivity index (χ4v) is 3.38. The molecule has 1 aromatic heterocycles. The summed E-state index contributed by atoms with van der Waals surface area (Å²) in [5.41, 5.74) is 2.58. The van der Waals surface area contributed by atoms with E-state index in [-0.39, 0.29) is 0 Å². The van der Waals surface area contributed by atoms with Crippen molar-refractivity contribution in [2.45, 2.75) is 45.3 Å². The van der Waals surface area contributed by atoms with Crippen LogP contribution in [0.2, 0.25) is 0 Å². The minimum atomic E-state index is 0.359. The molecule has 0 saturated carbocycles. The first-order chi connectivity index (χ1) is 12.2. The zero-order chi connectivity index (χ0) is 17.5. The van der Waals surface area contributed by atoms with Crippen LogP contribution in [0, 0.1) is 6.92 Å². The summed E-state index contributed by atoms with van der Waals surface area (Å²) < 4.78 is 5.91. The zero-order valence-electron chi connectivity index (χ0n) is 15.3. The quantitative estimate of drug-likeness (QED) is 0.839. The number of nitrogens with zero attached hydrogens (tertiary/aromatic N) is 2. The van der Waals surface area contributed by atoms with E-state index in [4.69, 9.17) is 4.74 Å². The largest absolute Gasteiger partial charge is 0.492 e. The van der Waals surface area contributed by atoms with Crippen molar-refractivity contribution in [1.82, 2.24) is 15.2 Å². The van der Waals surface area contributed by atoms with Crippen molar-refractivity contribution in [3.63, 3.8) is 0 Å². The van der Waals surface area contributed by atoms with Gasteiger partial charge in [0, 0.05) is 31.0 Å². The Kier molecular flexibility index (Phi) is 6.42. The molecule has 3 rings (SSSR count). The first-order valence-electron chi connectivity index (χ1n) is 9.26. The summed E-state index contributed by atoms with van der Waals surface area (Å²) in [4.78, 5) is 6.62. The van der Waals surface area contributed by atoms with Gasteiger partial charge in [0.25, 0.3) is 0 Å². The average Bonchev–Trinajstić information content (AvgIpc) is 2.63. The van der Waals surface area contributed by atoms with Crippen molar-refractivity contribution in [2.24, 2.45) is 0 Å². The summed E-state index contributed by atoms with van der Waals surface area (Å²) in [6.45, 7) is 8.33. The average molecular weight is 339 g/mol. The molecule has 0 unspecified atom stereocenters. The number of hydrogen-bond acceptors (Lipinski definition) is 4. The van der Waals surface area contributed by atoms with Gasteiger partial charge >= 0.3 is 0 Å². The smallest absolute Gasteiger partial charge is 0.119 e. The molecule has 0 spiro atoms. The van der Waals surface area contributed by atoms with Gasteiger partial charge in [0.2, 0.25) is 0 Å². The Hall–Kier alpha value is -1.91. The molecule has 0 amide bonds. The SMILES string of the molecule is Cc1cccc(OC[C@H](C)NC2CCN(Cc3ccncc3)CC2)c1. The Bertz CT molecular complexity index is 639. The number of hydrogen-bond donors (Lipinski definition) is 1. The first-order valence-corrected chi connectivity index (χ1v) is 9.26. The second kappa shape index (κ2) is 8.97. The van der Waals surface area contributed by atoms with Crippen LogP contribution in [0.15, 0.2) is 48.8 Å². The molecule has 1 N–H and O–H groups in total.